The number of hydrogen-bond donors (Lipinski definition) is 3. The number of hydrogen-bond acceptors (Lipinski definition) is 4. The molecule has 138 valence electrons. The standard InChI is InChI=1S/C18H17FN6O2/c19-14-7-5-13(6-8-14)9-21-18(27)22-10-17(26)24-15-3-1-2-4-16(15)25-12-20-11-23-25/h1-8,11-12H,9-10H2,(H,24,26)(H2,21,22,27). The molecular formula is C18H17FN6O2. The van der Waals surface area contributed by atoms with E-state index in [4.69, 9.17) is 0 Å². The first-order valence-electron chi connectivity index (χ1n) is 8.12. The molecule has 0 spiro atoms. The zero-order valence-corrected chi connectivity index (χ0v) is 14.2. The summed E-state index contributed by atoms with van der Waals surface area (Å²) < 4.78 is 14.4. The Morgan fingerprint density at radius 1 is 1.04 bits per heavy atom. The van der Waals surface area contributed by atoms with E-state index in [2.05, 4.69) is 26.0 Å². The van der Waals surface area contributed by atoms with Crippen LogP contribution in [0.5, 0.6) is 0 Å². The van der Waals surface area contributed by atoms with E-state index in [1.807, 2.05) is 6.07 Å². The molecule has 0 saturated carbocycles. The third-order valence-corrected chi connectivity index (χ3v) is 3.62. The SMILES string of the molecule is O=C(CNC(=O)NCc1ccc(F)cc1)Nc1ccccc1-n1cncn1. The molecule has 3 N–H and O–H groups in total. The van der Waals surface area contributed by atoms with Crippen LogP contribution in [0.2, 0.25) is 0 Å². The lowest BCUT2D eigenvalue weighted by Gasteiger charge is -2.11. The number of urea groups is 1. The Balaban J connectivity index is 1.49. The molecule has 0 aliphatic carbocycles. The number of para-hydroxylation sites is 2. The fourth-order valence-electron chi connectivity index (χ4n) is 2.31. The largest absolute Gasteiger partial charge is 0.334 e. The van der Waals surface area contributed by atoms with Crippen LogP contribution in [0.25, 0.3) is 5.69 Å². The van der Waals surface area contributed by atoms with Gasteiger partial charge in [-0.15, -0.1) is 0 Å². The third kappa shape index (κ3) is 5.11. The Labute approximate surface area is 154 Å². The molecule has 0 atom stereocenters. The quantitative estimate of drug-likeness (QED) is 0.618. The highest BCUT2D eigenvalue weighted by atomic mass is 19.1. The van der Waals surface area contributed by atoms with Gasteiger partial charge in [0, 0.05) is 6.54 Å². The van der Waals surface area contributed by atoms with E-state index < -0.39 is 6.03 Å². The third-order valence-electron chi connectivity index (χ3n) is 3.62. The summed E-state index contributed by atoms with van der Waals surface area (Å²) in [5, 5.41) is 11.8. The van der Waals surface area contributed by atoms with Crippen molar-refractivity contribution < 1.29 is 14.0 Å². The van der Waals surface area contributed by atoms with Crippen molar-refractivity contribution in [2.45, 2.75) is 6.54 Å². The van der Waals surface area contributed by atoms with E-state index >= 15 is 0 Å². The monoisotopic (exact) mass is 368 g/mol. The van der Waals surface area contributed by atoms with Crippen LogP contribution >= 0.6 is 0 Å². The normalized spacial score (nSPS) is 10.3. The molecule has 0 bridgehead atoms. The van der Waals surface area contributed by atoms with E-state index in [1.54, 1.807) is 30.3 Å². The second-order valence-electron chi connectivity index (χ2n) is 5.57. The van der Waals surface area contributed by atoms with E-state index in [0.717, 1.165) is 5.56 Å². The average molecular weight is 368 g/mol. The van der Waals surface area contributed by atoms with E-state index in [1.165, 1.54) is 29.5 Å². The Morgan fingerprint density at radius 2 is 1.81 bits per heavy atom. The first-order chi connectivity index (χ1) is 13.1. The molecule has 0 saturated heterocycles. The lowest BCUT2D eigenvalue weighted by molar-refractivity contribution is -0.115. The minimum absolute atomic E-state index is 0.207. The van der Waals surface area contributed by atoms with Gasteiger partial charge in [0.15, 0.2) is 0 Å². The van der Waals surface area contributed by atoms with Gasteiger partial charge in [-0.3, -0.25) is 4.79 Å². The second-order valence-corrected chi connectivity index (χ2v) is 5.57. The Morgan fingerprint density at radius 3 is 2.56 bits per heavy atom. The molecule has 0 radical (unpaired) electrons. The maximum Gasteiger partial charge on any atom is 0.315 e. The van der Waals surface area contributed by atoms with Gasteiger partial charge in [-0.05, 0) is 29.8 Å². The molecule has 2 aromatic carbocycles. The van der Waals surface area contributed by atoms with Crippen molar-refractivity contribution in [2.75, 3.05) is 11.9 Å². The number of aromatic nitrogens is 3. The van der Waals surface area contributed by atoms with Crippen molar-refractivity contribution in [1.29, 1.82) is 0 Å². The fraction of sp³-hybridized carbons (Fsp3) is 0.111. The molecule has 9 heteroatoms. The highest BCUT2D eigenvalue weighted by molar-refractivity contribution is 5.95. The van der Waals surface area contributed by atoms with Crippen LogP contribution in [0.3, 0.4) is 0 Å². The van der Waals surface area contributed by atoms with E-state index in [-0.39, 0.29) is 24.8 Å². The van der Waals surface area contributed by atoms with E-state index in [0.29, 0.717) is 11.4 Å². The maximum absolute atomic E-state index is 12.8. The van der Waals surface area contributed by atoms with Crippen molar-refractivity contribution in [3.63, 3.8) is 0 Å². The molecule has 0 fully saturated rings. The first-order valence-corrected chi connectivity index (χ1v) is 8.12. The Hall–Kier alpha value is -3.75. The number of carbonyl (C=O) groups excluding carboxylic acids is 2. The molecule has 1 aromatic heterocycles. The van der Waals surface area contributed by atoms with E-state index in [9.17, 15) is 14.0 Å². The highest BCUT2D eigenvalue weighted by Gasteiger charge is 2.10. The number of amides is 3. The summed E-state index contributed by atoms with van der Waals surface area (Å²) in [7, 11) is 0. The molecule has 3 rings (SSSR count). The number of rotatable bonds is 6. The predicted molar refractivity (Wildman–Crippen MR) is 96.6 cm³/mol. The molecule has 3 aromatic rings. The Kier molecular flexibility index (Phi) is 5.73. The van der Waals surface area contributed by atoms with Crippen molar-refractivity contribution >= 4 is 17.6 Å². The molecule has 0 aliphatic heterocycles. The van der Waals surface area contributed by atoms with Crippen molar-refractivity contribution in [1.82, 2.24) is 25.4 Å². The zero-order valence-electron chi connectivity index (χ0n) is 14.2. The summed E-state index contributed by atoms with van der Waals surface area (Å²) in [5.41, 5.74) is 1.95. The molecule has 0 unspecified atom stereocenters. The van der Waals surface area contributed by atoms with Crippen LogP contribution < -0.4 is 16.0 Å². The van der Waals surface area contributed by atoms with Gasteiger partial charge in [0.25, 0.3) is 0 Å². The van der Waals surface area contributed by atoms with Crippen LogP contribution in [0.15, 0.2) is 61.2 Å². The first kappa shape index (κ1) is 18.1. The van der Waals surface area contributed by atoms with Gasteiger partial charge in [-0.25, -0.2) is 18.9 Å². The van der Waals surface area contributed by atoms with Crippen molar-refractivity contribution in [2.24, 2.45) is 0 Å². The predicted octanol–water partition coefficient (Wildman–Crippen LogP) is 1.84. The number of halogens is 1. The van der Waals surface area contributed by atoms with Gasteiger partial charge in [0.2, 0.25) is 5.91 Å². The summed E-state index contributed by atoms with van der Waals surface area (Å²) in [6, 6.07) is 12.4. The molecule has 3 amide bonds. The summed E-state index contributed by atoms with van der Waals surface area (Å²) in [4.78, 5) is 27.8. The van der Waals surface area contributed by atoms with Gasteiger partial charge < -0.3 is 16.0 Å². The molecular weight excluding hydrogens is 351 g/mol. The topological polar surface area (TPSA) is 101 Å². The Bertz CT molecular complexity index is 912. The minimum atomic E-state index is -0.501. The lowest BCUT2D eigenvalue weighted by Crippen LogP contribution is -2.39. The lowest BCUT2D eigenvalue weighted by atomic mass is 10.2. The molecule has 27 heavy (non-hydrogen) atoms. The minimum Gasteiger partial charge on any atom is -0.334 e. The fourth-order valence-corrected chi connectivity index (χ4v) is 2.31. The maximum atomic E-state index is 12.8. The van der Waals surface area contributed by atoms with Gasteiger partial charge in [-0.1, -0.05) is 24.3 Å². The molecule has 1 heterocycles. The number of benzene rings is 2. The van der Waals surface area contributed by atoms with Crippen LogP contribution in [-0.4, -0.2) is 33.2 Å². The van der Waals surface area contributed by atoms with Gasteiger partial charge in [-0.2, -0.15) is 5.10 Å². The zero-order chi connectivity index (χ0) is 19.1. The number of nitrogens with one attached hydrogen (secondary N) is 3. The number of carbonyl (C=O) groups is 2. The van der Waals surface area contributed by atoms with Crippen molar-refractivity contribution in [3.05, 3.63) is 72.6 Å². The summed E-state index contributed by atoms with van der Waals surface area (Å²) in [6.07, 6.45) is 2.91. The van der Waals surface area contributed by atoms with Gasteiger partial charge in [0.1, 0.15) is 18.5 Å². The van der Waals surface area contributed by atoms with Crippen LogP contribution in [-0.2, 0) is 11.3 Å². The summed E-state index contributed by atoms with van der Waals surface area (Å²) in [6.45, 7) is 0.0177. The second kappa shape index (κ2) is 8.56. The summed E-state index contributed by atoms with van der Waals surface area (Å²) >= 11 is 0. The average Bonchev–Trinajstić information content (AvgIpc) is 3.21. The number of nitrogens with zero attached hydrogens (tertiary/aromatic N) is 3. The van der Waals surface area contributed by atoms with Crippen LogP contribution in [0, 0.1) is 5.82 Å². The highest BCUT2D eigenvalue weighted by Crippen LogP contribution is 2.18. The smallest absolute Gasteiger partial charge is 0.315 e. The van der Waals surface area contributed by atoms with Crippen LogP contribution in [0.4, 0.5) is 14.9 Å². The summed E-state index contributed by atoms with van der Waals surface area (Å²) in [5.74, 6) is -0.731. The molecule has 0 aliphatic rings. The van der Waals surface area contributed by atoms with Gasteiger partial charge in [0.05, 0.1) is 17.9 Å². The van der Waals surface area contributed by atoms with Gasteiger partial charge >= 0.3 is 6.03 Å². The number of anilines is 1. The van der Waals surface area contributed by atoms with Crippen LogP contribution in [0.1, 0.15) is 5.56 Å². The van der Waals surface area contributed by atoms with Crippen molar-refractivity contribution in [3.8, 4) is 5.69 Å². The molecule has 8 nitrogen and oxygen atoms in total.